The molecule has 180 valence electrons. The molecule has 0 amide bonds. The van der Waals surface area contributed by atoms with Crippen LogP contribution in [0, 0.1) is 0 Å². The number of aliphatic hydroxyl groups excluding tert-OH is 2. The van der Waals surface area contributed by atoms with E-state index in [1.807, 2.05) is 0 Å². The van der Waals surface area contributed by atoms with E-state index in [2.05, 4.69) is 19.9 Å². The summed E-state index contributed by atoms with van der Waals surface area (Å²) in [6.45, 7) is 2.45. The summed E-state index contributed by atoms with van der Waals surface area (Å²) in [4.78, 5) is 14.7. The van der Waals surface area contributed by atoms with E-state index in [9.17, 15) is 0 Å². The molecule has 0 aromatic carbocycles. The number of nitrogen functional groups attached to an aromatic ring is 2. The number of anilines is 3. The summed E-state index contributed by atoms with van der Waals surface area (Å²) in [7, 11) is 0. The van der Waals surface area contributed by atoms with Gasteiger partial charge in [0.2, 0.25) is 17.8 Å². The molecule has 8 nitrogen and oxygen atoms in total. The van der Waals surface area contributed by atoms with Gasteiger partial charge in [0.1, 0.15) is 0 Å². The largest absolute Gasteiger partial charge is 0.396 e. The van der Waals surface area contributed by atoms with Crippen molar-refractivity contribution in [3.8, 4) is 0 Å². The van der Waals surface area contributed by atoms with Gasteiger partial charge in [0.25, 0.3) is 0 Å². The van der Waals surface area contributed by atoms with Crippen molar-refractivity contribution in [2.75, 3.05) is 42.7 Å². The van der Waals surface area contributed by atoms with E-state index in [1.165, 1.54) is 64.2 Å². The Balaban J connectivity index is 2.29. The Hall–Kier alpha value is -1.67. The number of nitrogens with zero attached hydrogens (tertiary/aromatic N) is 4. The summed E-state index contributed by atoms with van der Waals surface area (Å²) in [6, 6.07) is 0. The van der Waals surface area contributed by atoms with Crippen LogP contribution in [0.25, 0.3) is 0 Å². The van der Waals surface area contributed by atoms with Gasteiger partial charge in [-0.3, -0.25) is 0 Å². The van der Waals surface area contributed by atoms with Crippen LogP contribution >= 0.6 is 0 Å². The number of aliphatic hydroxyl groups is 2. The van der Waals surface area contributed by atoms with Crippen molar-refractivity contribution in [1.29, 1.82) is 0 Å². The van der Waals surface area contributed by atoms with Gasteiger partial charge in [-0.25, -0.2) is 0 Å². The van der Waals surface area contributed by atoms with E-state index < -0.39 is 0 Å². The Labute approximate surface area is 188 Å². The van der Waals surface area contributed by atoms with E-state index in [-0.39, 0.29) is 11.9 Å². The molecule has 0 unspecified atom stereocenters. The molecule has 0 radical (unpaired) electrons. The van der Waals surface area contributed by atoms with Crippen LogP contribution in [-0.4, -0.2) is 51.5 Å². The molecular weight excluding hydrogens is 392 g/mol. The van der Waals surface area contributed by atoms with Gasteiger partial charge >= 0.3 is 0 Å². The number of hydrogen-bond donors (Lipinski definition) is 4. The summed E-state index contributed by atoms with van der Waals surface area (Å²) in [5.41, 5.74) is 11.6. The lowest BCUT2D eigenvalue weighted by atomic mass is 10.1. The summed E-state index contributed by atoms with van der Waals surface area (Å²) < 4.78 is 0. The predicted molar refractivity (Wildman–Crippen MR) is 129 cm³/mol. The van der Waals surface area contributed by atoms with E-state index >= 15 is 0 Å². The van der Waals surface area contributed by atoms with Gasteiger partial charge in [-0.1, -0.05) is 77.0 Å². The topological polar surface area (TPSA) is 134 Å². The summed E-state index contributed by atoms with van der Waals surface area (Å²) in [5.74, 6) is 0.953. The van der Waals surface area contributed by atoms with Crippen LogP contribution in [0.2, 0.25) is 0 Å². The second kappa shape index (κ2) is 19.0. The quantitative estimate of drug-likeness (QED) is 0.211. The van der Waals surface area contributed by atoms with Crippen LogP contribution in [0.5, 0.6) is 0 Å². The smallest absolute Gasteiger partial charge is 0.231 e. The fourth-order valence-corrected chi connectivity index (χ4v) is 3.80. The minimum absolute atomic E-state index is 0.179. The minimum Gasteiger partial charge on any atom is -0.396 e. The lowest BCUT2D eigenvalue weighted by Gasteiger charge is -2.23. The Morgan fingerprint density at radius 1 is 0.484 bits per heavy atom. The third kappa shape index (κ3) is 14.9. The zero-order valence-corrected chi connectivity index (χ0v) is 19.5. The number of nitrogens with two attached hydrogens (primary N) is 2. The predicted octanol–water partition coefficient (Wildman–Crippen LogP) is 4.07. The average molecular weight is 439 g/mol. The molecule has 6 N–H and O–H groups in total. The summed E-state index contributed by atoms with van der Waals surface area (Å²) in [5, 5.41) is 17.6. The van der Waals surface area contributed by atoms with Gasteiger partial charge < -0.3 is 26.6 Å². The molecule has 0 aliphatic rings. The molecule has 0 fully saturated rings. The van der Waals surface area contributed by atoms with Gasteiger partial charge in [-0.05, 0) is 25.7 Å². The molecule has 8 heteroatoms. The standard InChI is InChI=1S/C23H46N6O2/c24-21-26-22(25)28-23(27-21)29(17-13-9-5-1-3-7-11-15-19-30)18-14-10-6-2-4-8-12-16-20-31/h30-31H,1-20H2,(H4,24,25,26,27,28). The lowest BCUT2D eigenvalue weighted by molar-refractivity contribution is 0.282. The van der Waals surface area contributed by atoms with Crippen LogP contribution in [0.4, 0.5) is 17.8 Å². The third-order valence-corrected chi connectivity index (χ3v) is 5.61. The molecule has 0 spiro atoms. The minimum atomic E-state index is 0.179. The fraction of sp³-hybridized carbons (Fsp3) is 0.870. The normalized spacial score (nSPS) is 11.2. The monoisotopic (exact) mass is 438 g/mol. The van der Waals surface area contributed by atoms with Gasteiger partial charge in [0.05, 0.1) is 0 Å². The zero-order valence-electron chi connectivity index (χ0n) is 19.5. The second-order valence-electron chi connectivity index (χ2n) is 8.44. The van der Waals surface area contributed by atoms with Crippen molar-refractivity contribution in [1.82, 2.24) is 15.0 Å². The third-order valence-electron chi connectivity index (χ3n) is 5.61. The van der Waals surface area contributed by atoms with E-state index in [0.717, 1.165) is 51.6 Å². The molecular formula is C23H46N6O2. The van der Waals surface area contributed by atoms with Crippen molar-refractivity contribution in [2.24, 2.45) is 0 Å². The van der Waals surface area contributed by atoms with Crippen molar-refractivity contribution >= 4 is 17.8 Å². The Bertz CT molecular complexity index is 505. The maximum Gasteiger partial charge on any atom is 0.231 e. The van der Waals surface area contributed by atoms with Crippen LogP contribution in [0.1, 0.15) is 103 Å². The second-order valence-corrected chi connectivity index (χ2v) is 8.44. The molecule has 0 saturated heterocycles. The first-order chi connectivity index (χ1) is 15.2. The van der Waals surface area contributed by atoms with Crippen molar-refractivity contribution in [3.05, 3.63) is 0 Å². The molecule has 0 saturated carbocycles. The highest BCUT2D eigenvalue weighted by molar-refractivity contribution is 5.39. The number of rotatable bonds is 21. The molecule has 0 atom stereocenters. The molecule has 1 rings (SSSR count). The number of hydrogen-bond acceptors (Lipinski definition) is 8. The highest BCUT2D eigenvalue weighted by Gasteiger charge is 2.11. The zero-order chi connectivity index (χ0) is 22.6. The van der Waals surface area contributed by atoms with Gasteiger partial charge in [0, 0.05) is 26.3 Å². The SMILES string of the molecule is Nc1nc(N)nc(N(CCCCCCCCCCO)CCCCCCCCCCO)n1. The molecule has 1 aromatic rings. The molecule has 1 heterocycles. The van der Waals surface area contributed by atoms with Crippen LogP contribution in [0.3, 0.4) is 0 Å². The fourth-order valence-electron chi connectivity index (χ4n) is 3.80. The molecule has 0 bridgehead atoms. The summed E-state index contributed by atoms with van der Waals surface area (Å²) >= 11 is 0. The molecule has 0 aliphatic carbocycles. The van der Waals surface area contributed by atoms with Crippen molar-refractivity contribution in [3.63, 3.8) is 0 Å². The summed E-state index contributed by atoms with van der Waals surface area (Å²) in [6.07, 6.45) is 18.7. The Kier molecular flexibility index (Phi) is 16.8. The first-order valence-corrected chi connectivity index (χ1v) is 12.4. The van der Waals surface area contributed by atoms with E-state index in [1.54, 1.807) is 0 Å². The van der Waals surface area contributed by atoms with Gasteiger partial charge in [-0.2, -0.15) is 15.0 Å². The van der Waals surface area contributed by atoms with Crippen LogP contribution < -0.4 is 16.4 Å². The first-order valence-electron chi connectivity index (χ1n) is 12.4. The van der Waals surface area contributed by atoms with Crippen LogP contribution in [-0.2, 0) is 0 Å². The number of aromatic nitrogens is 3. The molecule has 31 heavy (non-hydrogen) atoms. The van der Waals surface area contributed by atoms with Crippen molar-refractivity contribution < 1.29 is 10.2 Å². The van der Waals surface area contributed by atoms with Crippen LogP contribution in [0.15, 0.2) is 0 Å². The van der Waals surface area contributed by atoms with Gasteiger partial charge in [0.15, 0.2) is 0 Å². The maximum atomic E-state index is 8.82. The molecule has 1 aromatic heterocycles. The lowest BCUT2D eigenvalue weighted by Crippen LogP contribution is -2.28. The van der Waals surface area contributed by atoms with E-state index in [4.69, 9.17) is 21.7 Å². The number of unbranched alkanes of at least 4 members (excludes halogenated alkanes) is 14. The van der Waals surface area contributed by atoms with Gasteiger partial charge in [-0.15, -0.1) is 0 Å². The molecule has 0 aliphatic heterocycles. The first kappa shape index (κ1) is 27.4. The Morgan fingerprint density at radius 3 is 1.16 bits per heavy atom. The Morgan fingerprint density at radius 2 is 0.806 bits per heavy atom. The average Bonchev–Trinajstić information content (AvgIpc) is 2.74. The van der Waals surface area contributed by atoms with Crippen molar-refractivity contribution in [2.45, 2.75) is 103 Å². The highest BCUT2D eigenvalue weighted by Crippen LogP contribution is 2.16. The van der Waals surface area contributed by atoms with E-state index in [0.29, 0.717) is 19.2 Å². The maximum absolute atomic E-state index is 8.82. The highest BCUT2D eigenvalue weighted by atomic mass is 16.3.